The van der Waals surface area contributed by atoms with Crippen LogP contribution in [0, 0.1) is 0 Å². The lowest BCUT2D eigenvalue weighted by Gasteiger charge is -2.23. The van der Waals surface area contributed by atoms with E-state index in [0.717, 1.165) is 0 Å². The average Bonchev–Trinajstić information content (AvgIpc) is 3.04. The first-order chi connectivity index (χ1) is 22.4. The maximum atomic E-state index is 9.25. The first kappa shape index (κ1) is 48.6. The number of methoxy groups -OCH3 is 1. The molecule has 47 heavy (non-hydrogen) atoms. The summed E-state index contributed by atoms with van der Waals surface area (Å²) in [6, 6.07) is 0. The molecule has 0 bridgehead atoms. The predicted molar refractivity (Wildman–Crippen MR) is 178 cm³/mol. The van der Waals surface area contributed by atoms with Gasteiger partial charge in [0.15, 0.2) is 0 Å². The van der Waals surface area contributed by atoms with Crippen LogP contribution in [0.25, 0.3) is 0 Å². The van der Waals surface area contributed by atoms with E-state index < -0.39 is 6.10 Å². The zero-order valence-electron chi connectivity index (χ0n) is 30.8. The van der Waals surface area contributed by atoms with Gasteiger partial charge in [-0.25, -0.2) is 0 Å². The summed E-state index contributed by atoms with van der Waals surface area (Å²) in [5.74, 6) is 0. The second-order valence-electron chi connectivity index (χ2n) is 11.6. The Morgan fingerprint density at radius 3 is 0.830 bits per heavy atom. The topological polar surface area (TPSA) is 162 Å². The van der Waals surface area contributed by atoms with Crippen LogP contribution >= 0.6 is 0 Å². The van der Waals surface area contributed by atoms with Crippen molar-refractivity contribution in [1.29, 1.82) is 0 Å². The van der Waals surface area contributed by atoms with Crippen molar-refractivity contribution in [3.05, 3.63) is 0 Å². The van der Waals surface area contributed by atoms with Crippen molar-refractivity contribution in [2.24, 2.45) is 0 Å². The third-order valence-electron chi connectivity index (χ3n) is 5.93. The van der Waals surface area contributed by atoms with Crippen LogP contribution in [-0.2, 0) is 52.1 Å². The van der Waals surface area contributed by atoms with Crippen LogP contribution in [0.4, 0.5) is 0 Å². The van der Waals surface area contributed by atoms with Gasteiger partial charge in [0.05, 0.1) is 155 Å². The molecule has 8 atom stereocenters. The molecule has 0 aliphatic heterocycles. The molecule has 0 spiro atoms. The first-order valence-corrected chi connectivity index (χ1v) is 16.9. The number of hydrogen-bond acceptors (Lipinski definition) is 14. The molecular formula is C33H70O14. The van der Waals surface area contributed by atoms with Gasteiger partial charge in [-0.3, -0.25) is 0 Å². The van der Waals surface area contributed by atoms with E-state index >= 15 is 0 Å². The molecule has 0 aromatic carbocycles. The van der Waals surface area contributed by atoms with Crippen molar-refractivity contribution in [3.63, 3.8) is 0 Å². The molecule has 3 N–H and O–H groups in total. The van der Waals surface area contributed by atoms with Crippen molar-refractivity contribution in [2.75, 3.05) is 113 Å². The Morgan fingerprint density at radius 2 is 0.596 bits per heavy atom. The fourth-order valence-electron chi connectivity index (χ4n) is 3.34. The summed E-state index contributed by atoms with van der Waals surface area (Å²) in [6.45, 7) is 22.0. The molecule has 286 valence electrons. The van der Waals surface area contributed by atoms with Gasteiger partial charge >= 0.3 is 0 Å². The fourth-order valence-corrected chi connectivity index (χ4v) is 3.34. The van der Waals surface area contributed by atoms with Gasteiger partial charge in [0.2, 0.25) is 0 Å². The summed E-state index contributed by atoms with van der Waals surface area (Å²) >= 11 is 0. The highest BCUT2D eigenvalue weighted by atomic mass is 16.6. The Balaban J connectivity index is 0. The lowest BCUT2D eigenvalue weighted by Crippen LogP contribution is -2.30. The minimum Gasteiger partial charge on any atom is -0.394 e. The van der Waals surface area contributed by atoms with E-state index in [-0.39, 0.29) is 55.9 Å². The SMILES string of the molecule is COCC(C)OCC(C)OCC(C)OCC(C)OCC(C)OCC(C)OCC(C)OCC(C)O.OCCOCCOCCOCCO. The fraction of sp³-hybridized carbons (Fsp3) is 1.00. The van der Waals surface area contributed by atoms with Crippen LogP contribution in [-0.4, -0.2) is 177 Å². The van der Waals surface area contributed by atoms with Crippen molar-refractivity contribution >= 4 is 0 Å². The second-order valence-corrected chi connectivity index (χ2v) is 11.6. The smallest absolute Gasteiger partial charge is 0.0781 e. The minimum absolute atomic E-state index is 0.0108. The van der Waals surface area contributed by atoms with Crippen LogP contribution in [0.15, 0.2) is 0 Å². The summed E-state index contributed by atoms with van der Waals surface area (Å²) in [5, 5.41) is 26.0. The predicted octanol–water partition coefficient (Wildman–Crippen LogP) is 1.87. The van der Waals surface area contributed by atoms with Crippen molar-refractivity contribution in [3.8, 4) is 0 Å². The second kappa shape index (κ2) is 35.3. The monoisotopic (exact) mass is 690 g/mol. The summed E-state index contributed by atoms with van der Waals surface area (Å²) in [4.78, 5) is 0. The Labute approximate surface area is 284 Å². The van der Waals surface area contributed by atoms with Gasteiger partial charge in [-0.1, -0.05) is 0 Å². The van der Waals surface area contributed by atoms with Crippen molar-refractivity contribution < 1.29 is 67.4 Å². The number of rotatable bonds is 33. The maximum absolute atomic E-state index is 9.25. The summed E-state index contributed by atoms with van der Waals surface area (Å²) < 4.78 is 60.2. The molecule has 0 aliphatic carbocycles. The van der Waals surface area contributed by atoms with Gasteiger partial charge in [-0.2, -0.15) is 0 Å². The standard InChI is InChI=1S/C25H52O9.C8H18O5/c1-18(26)10-28-20(3)12-30-22(5)14-32-24(7)16-34-25(8)17-33-23(6)15-31-21(4)13-29-19(2)11-27-9;9-1-3-11-5-7-13-8-6-12-4-2-10/h18-26H,10-17H2,1-9H3;9-10H,1-8H2. The molecule has 0 radical (unpaired) electrons. The molecule has 0 amide bonds. The first-order valence-electron chi connectivity index (χ1n) is 16.9. The van der Waals surface area contributed by atoms with Crippen LogP contribution < -0.4 is 0 Å². The highest BCUT2D eigenvalue weighted by Gasteiger charge is 2.14. The highest BCUT2D eigenvalue weighted by molar-refractivity contribution is 4.59. The Kier molecular flexibility index (Phi) is 36.4. The molecule has 14 heteroatoms. The van der Waals surface area contributed by atoms with Gasteiger partial charge in [-0.05, 0) is 55.4 Å². The van der Waals surface area contributed by atoms with Gasteiger partial charge in [0.25, 0.3) is 0 Å². The van der Waals surface area contributed by atoms with Gasteiger partial charge < -0.3 is 67.4 Å². The van der Waals surface area contributed by atoms with Crippen molar-refractivity contribution in [1.82, 2.24) is 0 Å². The minimum atomic E-state index is -0.474. The molecule has 0 saturated carbocycles. The summed E-state index contributed by atoms with van der Waals surface area (Å²) in [6.07, 6.45) is -0.714. The molecule has 0 fully saturated rings. The molecule has 8 unspecified atom stereocenters. The Bertz CT molecular complexity index is 608. The normalized spacial score (nSPS) is 16.9. The van der Waals surface area contributed by atoms with Crippen LogP contribution in [0.2, 0.25) is 0 Å². The number of aliphatic hydroxyl groups excluding tert-OH is 3. The molecule has 0 aromatic rings. The van der Waals surface area contributed by atoms with E-state index in [0.29, 0.717) is 92.5 Å². The average molecular weight is 691 g/mol. The molecule has 0 rings (SSSR count). The van der Waals surface area contributed by atoms with E-state index in [2.05, 4.69) is 0 Å². The largest absolute Gasteiger partial charge is 0.394 e. The van der Waals surface area contributed by atoms with Gasteiger partial charge in [0, 0.05) is 7.11 Å². The Morgan fingerprint density at radius 1 is 0.362 bits per heavy atom. The summed E-state index contributed by atoms with van der Waals surface area (Å²) in [7, 11) is 1.66. The van der Waals surface area contributed by atoms with E-state index in [1.54, 1.807) is 14.0 Å². The molecule has 14 nitrogen and oxygen atoms in total. The van der Waals surface area contributed by atoms with Crippen LogP contribution in [0.1, 0.15) is 55.4 Å². The van der Waals surface area contributed by atoms with E-state index in [1.165, 1.54) is 0 Å². The third kappa shape index (κ3) is 38.1. The number of aliphatic hydroxyl groups is 3. The zero-order valence-corrected chi connectivity index (χ0v) is 30.8. The molecule has 0 aromatic heterocycles. The van der Waals surface area contributed by atoms with E-state index in [4.69, 9.17) is 62.3 Å². The number of ether oxygens (including phenoxy) is 11. The molecule has 0 heterocycles. The Hall–Kier alpha value is -0.560. The van der Waals surface area contributed by atoms with E-state index in [9.17, 15) is 5.11 Å². The zero-order chi connectivity index (χ0) is 35.7. The quantitative estimate of drug-likeness (QED) is 0.0856. The number of hydrogen-bond donors (Lipinski definition) is 3. The molecule has 0 saturated heterocycles. The lowest BCUT2D eigenvalue weighted by molar-refractivity contribution is -0.108. The van der Waals surface area contributed by atoms with E-state index in [1.807, 2.05) is 48.5 Å². The third-order valence-corrected chi connectivity index (χ3v) is 5.93. The molecule has 0 aliphatic rings. The van der Waals surface area contributed by atoms with Gasteiger partial charge in [0.1, 0.15) is 0 Å². The lowest BCUT2D eigenvalue weighted by atomic mass is 10.3. The van der Waals surface area contributed by atoms with Gasteiger partial charge in [-0.15, -0.1) is 0 Å². The van der Waals surface area contributed by atoms with Crippen LogP contribution in [0.5, 0.6) is 0 Å². The molecular weight excluding hydrogens is 620 g/mol. The summed E-state index contributed by atoms with van der Waals surface area (Å²) in [5.41, 5.74) is 0. The maximum Gasteiger partial charge on any atom is 0.0781 e. The van der Waals surface area contributed by atoms with Crippen LogP contribution in [0.3, 0.4) is 0 Å². The van der Waals surface area contributed by atoms with Crippen molar-refractivity contribution in [2.45, 2.75) is 104 Å². The highest BCUT2D eigenvalue weighted by Crippen LogP contribution is 2.05.